The number of carbonyl (C=O) groups excluding carboxylic acids is 1. The van der Waals surface area contributed by atoms with Gasteiger partial charge in [0.1, 0.15) is 5.76 Å². The Balaban J connectivity index is 2.41. The minimum atomic E-state index is -0.0868. The standard InChI is InChI=1S/C9H15N3O2/c1-6(5-10)3-9(13)11-8-4-7(2)14-12-8/h4,6H,3,5,10H2,1-2H3,(H,11,12,13). The van der Waals surface area contributed by atoms with E-state index in [0.29, 0.717) is 24.5 Å². The van der Waals surface area contributed by atoms with Gasteiger partial charge in [-0.15, -0.1) is 0 Å². The molecule has 3 N–H and O–H groups in total. The fraction of sp³-hybridized carbons (Fsp3) is 0.556. The van der Waals surface area contributed by atoms with E-state index in [4.69, 9.17) is 10.3 Å². The average molecular weight is 197 g/mol. The van der Waals surface area contributed by atoms with Crippen LogP contribution in [0.1, 0.15) is 19.1 Å². The van der Waals surface area contributed by atoms with E-state index in [1.54, 1.807) is 13.0 Å². The monoisotopic (exact) mass is 197 g/mol. The lowest BCUT2D eigenvalue weighted by Crippen LogP contribution is -2.20. The van der Waals surface area contributed by atoms with E-state index in [1.807, 2.05) is 6.92 Å². The van der Waals surface area contributed by atoms with Gasteiger partial charge >= 0.3 is 0 Å². The molecule has 0 bridgehead atoms. The predicted molar refractivity (Wildman–Crippen MR) is 52.7 cm³/mol. The normalized spacial score (nSPS) is 12.5. The Labute approximate surface area is 82.6 Å². The third-order valence-electron chi connectivity index (χ3n) is 1.83. The number of carbonyl (C=O) groups is 1. The molecule has 5 heteroatoms. The van der Waals surface area contributed by atoms with E-state index >= 15 is 0 Å². The highest BCUT2D eigenvalue weighted by Crippen LogP contribution is 2.08. The van der Waals surface area contributed by atoms with Crippen LogP contribution in [0.25, 0.3) is 0 Å². The molecule has 0 aromatic carbocycles. The van der Waals surface area contributed by atoms with E-state index in [-0.39, 0.29) is 11.8 Å². The number of hydrogen-bond donors (Lipinski definition) is 2. The van der Waals surface area contributed by atoms with Gasteiger partial charge in [-0.25, -0.2) is 0 Å². The van der Waals surface area contributed by atoms with Crippen molar-refractivity contribution in [2.45, 2.75) is 20.3 Å². The highest BCUT2D eigenvalue weighted by atomic mass is 16.5. The second-order valence-corrected chi connectivity index (χ2v) is 3.42. The summed E-state index contributed by atoms with van der Waals surface area (Å²) in [6.45, 7) is 4.20. The molecule has 1 rings (SSSR count). The fourth-order valence-electron chi connectivity index (χ4n) is 1.02. The summed E-state index contributed by atoms with van der Waals surface area (Å²) in [6.07, 6.45) is 0.405. The molecular formula is C9H15N3O2. The Morgan fingerprint density at radius 2 is 2.50 bits per heavy atom. The fourth-order valence-corrected chi connectivity index (χ4v) is 1.02. The smallest absolute Gasteiger partial charge is 0.225 e. The van der Waals surface area contributed by atoms with E-state index in [0.717, 1.165) is 0 Å². The van der Waals surface area contributed by atoms with Crippen molar-refractivity contribution in [3.05, 3.63) is 11.8 Å². The van der Waals surface area contributed by atoms with Crippen LogP contribution >= 0.6 is 0 Å². The van der Waals surface area contributed by atoms with Crippen LogP contribution in [0.4, 0.5) is 5.82 Å². The van der Waals surface area contributed by atoms with Crippen LogP contribution in [-0.4, -0.2) is 17.6 Å². The number of amides is 1. The summed E-state index contributed by atoms with van der Waals surface area (Å²) < 4.78 is 4.81. The molecule has 1 aromatic rings. The molecule has 1 atom stereocenters. The lowest BCUT2D eigenvalue weighted by molar-refractivity contribution is -0.116. The number of anilines is 1. The third-order valence-corrected chi connectivity index (χ3v) is 1.83. The molecule has 0 spiro atoms. The van der Waals surface area contributed by atoms with Crippen molar-refractivity contribution < 1.29 is 9.32 Å². The Morgan fingerprint density at radius 1 is 1.79 bits per heavy atom. The molecule has 0 saturated carbocycles. The number of nitrogens with zero attached hydrogens (tertiary/aromatic N) is 1. The summed E-state index contributed by atoms with van der Waals surface area (Å²) in [7, 11) is 0. The van der Waals surface area contributed by atoms with Crippen molar-refractivity contribution >= 4 is 11.7 Å². The van der Waals surface area contributed by atoms with Crippen LogP contribution in [-0.2, 0) is 4.79 Å². The highest BCUT2D eigenvalue weighted by molar-refractivity contribution is 5.89. The number of nitrogens with one attached hydrogen (secondary N) is 1. The molecule has 14 heavy (non-hydrogen) atoms. The maximum Gasteiger partial charge on any atom is 0.225 e. The van der Waals surface area contributed by atoms with E-state index < -0.39 is 0 Å². The van der Waals surface area contributed by atoms with Gasteiger partial charge in [0, 0.05) is 12.5 Å². The molecule has 1 amide bonds. The van der Waals surface area contributed by atoms with Gasteiger partial charge in [-0.05, 0) is 19.4 Å². The first kappa shape index (κ1) is 10.7. The molecule has 1 unspecified atom stereocenters. The zero-order valence-corrected chi connectivity index (χ0v) is 8.41. The van der Waals surface area contributed by atoms with Crippen molar-refractivity contribution in [2.24, 2.45) is 11.7 Å². The van der Waals surface area contributed by atoms with Gasteiger partial charge in [0.2, 0.25) is 5.91 Å². The Kier molecular flexibility index (Phi) is 3.64. The van der Waals surface area contributed by atoms with Gasteiger partial charge < -0.3 is 15.6 Å². The van der Waals surface area contributed by atoms with Crippen LogP contribution in [0.2, 0.25) is 0 Å². The van der Waals surface area contributed by atoms with Crippen molar-refractivity contribution in [3.63, 3.8) is 0 Å². The molecule has 5 nitrogen and oxygen atoms in total. The number of hydrogen-bond acceptors (Lipinski definition) is 4. The quantitative estimate of drug-likeness (QED) is 0.751. The van der Waals surface area contributed by atoms with Gasteiger partial charge in [0.15, 0.2) is 5.82 Å². The Morgan fingerprint density at radius 3 is 3.00 bits per heavy atom. The van der Waals surface area contributed by atoms with Gasteiger partial charge in [-0.2, -0.15) is 0 Å². The first-order chi connectivity index (χ1) is 6.61. The first-order valence-electron chi connectivity index (χ1n) is 4.55. The Hall–Kier alpha value is -1.36. The second-order valence-electron chi connectivity index (χ2n) is 3.42. The van der Waals surface area contributed by atoms with Gasteiger partial charge in [-0.1, -0.05) is 12.1 Å². The lowest BCUT2D eigenvalue weighted by Gasteiger charge is -2.06. The molecule has 0 fully saturated rings. The number of nitrogens with two attached hydrogens (primary N) is 1. The van der Waals surface area contributed by atoms with Crippen LogP contribution in [0, 0.1) is 12.8 Å². The number of rotatable bonds is 4. The Bertz CT molecular complexity index is 309. The van der Waals surface area contributed by atoms with E-state index in [1.165, 1.54) is 0 Å². The van der Waals surface area contributed by atoms with Crippen molar-refractivity contribution in [3.8, 4) is 0 Å². The molecule has 0 aliphatic carbocycles. The average Bonchev–Trinajstić information content (AvgIpc) is 2.50. The molecule has 0 saturated heterocycles. The second kappa shape index (κ2) is 4.76. The molecule has 78 valence electrons. The van der Waals surface area contributed by atoms with Crippen molar-refractivity contribution in [2.75, 3.05) is 11.9 Å². The van der Waals surface area contributed by atoms with Crippen LogP contribution in [0.15, 0.2) is 10.6 Å². The molecule has 0 radical (unpaired) electrons. The summed E-state index contributed by atoms with van der Waals surface area (Å²) >= 11 is 0. The van der Waals surface area contributed by atoms with Crippen LogP contribution < -0.4 is 11.1 Å². The van der Waals surface area contributed by atoms with Crippen LogP contribution in [0.3, 0.4) is 0 Å². The van der Waals surface area contributed by atoms with Gasteiger partial charge in [0.05, 0.1) is 0 Å². The molecule has 0 aliphatic heterocycles. The minimum absolute atomic E-state index is 0.0868. The van der Waals surface area contributed by atoms with Crippen LogP contribution in [0.5, 0.6) is 0 Å². The van der Waals surface area contributed by atoms with Gasteiger partial charge in [-0.3, -0.25) is 4.79 Å². The summed E-state index contributed by atoms with van der Waals surface area (Å²) in [4.78, 5) is 11.3. The zero-order valence-electron chi connectivity index (χ0n) is 8.41. The largest absolute Gasteiger partial charge is 0.360 e. The summed E-state index contributed by atoms with van der Waals surface area (Å²) in [6, 6.07) is 1.67. The summed E-state index contributed by atoms with van der Waals surface area (Å²) in [5.41, 5.74) is 5.40. The highest BCUT2D eigenvalue weighted by Gasteiger charge is 2.09. The third kappa shape index (κ3) is 3.18. The molecule has 1 aromatic heterocycles. The summed E-state index contributed by atoms with van der Waals surface area (Å²) in [5, 5.41) is 6.28. The number of aromatic nitrogens is 1. The molecule has 1 heterocycles. The topological polar surface area (TPSA) is 81.2 Å². The first-order valence-corrected chi connectivity index (χ1v) is 4.55. The van der Waals surface area contributed by atoms with Crippen molar-refractivity contribution in [1.29, 1.82) is 0 Å². The van der Waals surface area contributed by atoms with Gasteiger partial charge in [0.25, 0.3) is 0 Å². The minimum Gasteiger partial charge on any atom is -0.360 e. The maximum absolute atomic E-state index is 11.3. The lowest BCUT2D eigenvalue weighted by atomic mass is 10.1. The van der Waals surface area contributed by atoms with Crippen molar-refractivity contribution in [1.82, 2.24) is 5.16 Å². The zero-order chi connectivity index (χ0) is 10.6. The van der Waals surface area contributed by atoms with E-state index in [9.17, 15) is 4.79 Å². The molecule has 0 aliphatic rings. The number of aryl methyl sites for hydroxylation is 1. The maximum atomic E-state index is 11.3. The molecular weight excluding hydrogens is 182 g/mol. The summed E-state index contributed by atoms with van der Waals surface area (Å²) in [5.74, 6) is 1.23. The predicted octanol–water partition coefficient (Wildman–Crippen LogP) is 0.906. The SMILES string of the molecule is Cc1cc(NC(=O)CC(C)CN)no1. The van der Waals surface area contributed by atoms with E-state index in [2.05, 4.69) is 10.5 Å².